The number of esters is 1. The van der Waals surface area contributed by atoms with Gasteiger partial charge < -0.3 is 19.5 Å². The molecule has 3 heterocycles. The topological polar surface area (TPSA) is 82.6 Å². The summed E-state index contributed by atoms with van der Waals surface area (Å²) in [5, 5.41) is 5.71. The van der Waals surface area contributed by atoms with Crippen molar-refractivity contribution in [2.45, 2.75) is 32.2 Å². The third-order valence-corrected chi connectivity index (χ3v) is 6.51. The number of aromatic nitrogens is 2. The number of carbonyl (C=O) groups is 1. The van der Waals surface area contributed by atoms with E-state index < -0.39 is 0 Å². The van der Waals surface area contributed by atoms with Crippen molar-refractivity contribution in [1.82, 2.24) is 9.97 Å². The summed E-state index contributed by atoms with van der Waals surface area (Å²) in [5.41, 5.74) is 1.08. The molecule has 4 aromatic rings. The maximum Gasteiger partial charge on any atom is 0.305 e. The standard InChI is InChI=1S/C24H23N3O4S/c1-29-21(28)9-5-4-8-20-26-23(22-16-6-2-3-7-19(16)32-24(22)27-20)25-13-15-10-11-17-18(12-15)31-14-30-17/h2-3,6-7,10-12H,4-5,8-9,13-14H2,1H3,(H,25,26,27). The Bertz CT molecular complexity index is 1290. The lowest BCUT2D eigenvalue weighted by molar-refractivity contribution is -0.140. The monoisotopic (exact) mass is 449 g/mol. The van der Waals surface area contributed by atoms with Gasteiger partial charge in [0.1, 0.15) is 16.5 Å². The molecule has 0 spiro atoms. The summed E-state index contributed by atoms with van der Waals surface area (Å²) in [6.45, 7) is 0.869. The van der Waals surface area contributed by atoms with Gasteiger partial charge in [0.25, 0.3) is 0 Å². The van der Waals surface area contributed by atoms with Crippen molar-refractivity contribution in [3.05, 3.63) is 53.9 Å². The van der Waals surface area contributed by atoms with E-state index in [4.69, 9.17) is 24.2 Å². The number of nitrogens with zero attached hydrogens (tertiary/aromatic N) is 2. The highest BCUT2D eigenvalue weighted by atomic mass is 32.1. The fraction of sp³-hybridized carbons (Fsp3) is 0.292. The second-order valence-corrected chi connectivity index (χ2v) is 8.62. The van der Waals surface area contributed by atoms with Crippen molar-refractivity contribution in [1.29, 1.82) is 0 Å². The van der Waals surface area contributed by atoms with Gasteiger partial charge in [-0.1, -0.05) is 24.3 Å². The van der Waals surface area contributed by atoms with Gasteiger partial charge in [-0.15, -0.1) is 11.3 Å². The first-order chi connectivity index (χ1) is 15.7. The third kappa shape index (κ3) is 4.18. The van der Waals surface area contributed by atoms with Gasteiger partial charge in [-0.2, -0.15) is 0 Å². The fourth-order valence-corrected chi connectivity index (χ4v) is 4.89. The quantitative estimate of drug-likeness (QED) is 0.297. The Labute approximate surface area is 189 Å². The lowest BCUT2D eigenvalue weighted by Crippen LogP contribution is -2.06. The smallest absolute Gasteiger partial charge is 0.305 e. The zero-order valence-corrected chi connectivity index (χ0v) is 18.5. The average molecular weight is 450 g/mol. The molecule has 0 aliphatic carbocycles. The molecule has 32 heavy (non-hydrogen) atoms. The Kier molecular flexibility index (Phi) is 5.77. The second kappa shape index (κ2) is 9.00. The number of aryl methyl sites for hydroxylation is 1. The van der Waals surface area contributed by atoms with E-state index in [1.807, 2.05) is 30.3 Å². The number of thiophene rings is 1. The van der Waals surface area contributed by atoms with Crippen LogP contribution in [0, 0.1) is 0 Å². The SMILES string of the molecule is COC(=O)CCCCc1nc(NCc2ccc3c(c2)OCO3)c2c(n1)sc1ccccc12. The van der Waals surface area contributed by atoms with Gasteiger partial charge in [-0.25, -0.2) is 9.97 Å². The minimum atomic E-state index is -0.183. The van der Waals surface area contributed by atoms with Gasteiger partial charge in [-0.05, 0) is 36.6 Å². The Morgan fingerprint density at radius 3 is 2.91 bits per heavy atom. The predicted molar refractivity (Wildman–Crippen MR) is 124 cm³/mol. The van der Waals surface area contributed by atoms with Crippen LogP contribution in [0.1, 0.15) is 30.7 Å². The van der Waals surface area contributed by atoms with Crippen molar-refractivity contribution >= 4 is 43.4 Å². The van der Waals surface area contributed by atoms with E-state index >= 15 is 0 Å². The number of nitrogens with one attached hydrogen (secondary N) is 1. The predicted octanol–water partition coefficient (Wildman–Crippen LogP) is 5.07. The van der Waals surface area contributed by atoms with Crippen LogP contribution in [0.4, 0.5) is 5.82 Å². The maximum absolute atomic E-state index is 11.4. The lowest BCUT2D eigenvalue weighted by Gasteiger charge is -2.10. The minimum Gasteiger partial charge on any atom is -0.469 e. The van der Waals surface area contributed by atoms with Gasteiger partial charge in [0, 0.05) is 29.5 Å². The number of fused-ring (bicyclic) bond motifs is 4. The largest absolute Gasteiger partial charge is 0.469 e. The minimum absolute atomic E-state index is 0.183. The number of anilines is 1. The zero-order valence-electron chi connectivity index (χ0n) is 17.7. The first-order valence-electron chi connectivity index (χ1n) is 10.6. The molecule has 2 aromatic carbocycles. The molecule has 1 aliphatic heterocycles. The van der Waals surface area contributed by atoms with E-state index in [0.29, 0.717) is 19.4 Å². The molecule has 2 aromatic heterocycles. The molecule has 0 amide bonds. The first kappa shape index (κ1) is 20.5. The molecule has 0 unspecified atom stereocenters. The van der Waals surface area contributed by atoms with Crippen LogP contribution in [0.25, 0.3) is 20.3 Å². The molecule has 8 heteroatoms. The fourth-order valence-electron chi connectivity index (χ4n) is 3.80. The number of hydrogen-bond donors (Lipinski definition) is 1. The van der Waals surface area contributed by atoms with Crippen LogP contribution in [-0.2, 0) is 22.5 Å². The highest BCUT2D eigenvalue weighted by Crippen LogP contribution is 2.37. The second-order valence-electron chi connectivity index (χ2n) is 7.59. The highest BCUT2D eigenvalue weighted by Gasteiger charge is 2.16. The molecule has 1 N–H and O–H groups in total. The van der Waals surface area contributed by atoms with E-state index in [-0.39, 0.29) is 12.8 Å². The number of rotatable bonds is 8. The Morgan fingerprint density at radius 1 is 1.12 bits per heavy atom. The van der Waals surface area contributed by atoms with Crippen molar-refractivity contribution in [3.8, 4) is 11.5 Å². The van der Waals surface area contributed by atoms with Crippen LogP contribution in [0.5, 0.6) is 11.5 Å². The van der Waals surface area contributed by atoms with E-state index in [1.54, 1.807) is 11.3 Å². The highest BCUT2D eigenvalue weighted by molar-refractivity contribution is 7.25. The maximum atomic E-state index is 11.4. The number of carbonyl (C=O) groups excluding carboxylic acids is 1. The van der Waals surface area contributed by atoms with Crippen molar-refractivity contribution in [2.75, 3.05) is 19.2 Å². The molecular weight excluding hydrogens is 426 g/mol. The number of hydrogen-bond acceptors (Lipinski definition) is 8. The van der Waals surface area contributed by atoms with E-state index in [9.17, 15) is 4.79 Å². The van der Waals surface area contributed by atoms with E-state index in [0.717, 1.165) is 57.1 Å². The van der Waals surface area contributed by atoms with Gasteiger partial charge in [-0.3, -0.25) is 4.79 Å². The molecule has 5 rings (SSSR count). The lowest BCUT2D eigenvalue weighted by atomic mass is 10.1. The van der Waals surface area contributed by atoms with Crippen LogP contribution in [0.3, 0.4) is 0 Å². The van der Waals surface area contributed by atoms with Crippen LogP contribution in [0.2, 0.25) is 0 Å². The molecule has 7 nitrogen and oxygen atoms in total. The summed E-state index contributed by atoms with van der Waals surface area (Å²) >= 11 is 1.67. The molecule has 0 radical (unpaired) electrons. The Morgan fingerprint density at radius 2 is 2.00 bits per heavy atom. The summed E-state index contributed by atoms with van der Waals surface area (Å²) < 4.78 is 16.8. The third-order valence-electron chi connectivity index (χ3n) is 5.44. The van der Waals surface area contributed by atoms with Crippen molar-refractivity contribution < 1.29 is 19.0 Å². The Balaban J connectivity index is 1.41. The molecule has 0 bridgehead atoms. The van der Waals surface area contributed by atoms with Crippen LogP contribution in [0.15, 0.2) is 42.5 Å². The van der Waals surface area contributed by atoms with Gasteiger partial charge in [0.15, 0.2) is 11.5 Å². The zero-order chi connectivity index (χ0) is 21.9. The van der Waals surface area contributed by atoms with E-state index in [1.165, 1.54) is 11.8 Å². The van der Waals surface area contributed by atoms with Gasteiger partial charge >= 0.3 is 5.97 Å². The summed E-state index contributed by atoms with van der Waals surface area (Å²) in [7, 11) is 1.42. The summed E-state index contributed by atoms with van der Waals surface area (Å²) in [6, 6.07) is 14.3. The van der Waals surface area contributed by atoms with Gasteiger partial charge in [0.05, 0.1) is 12.5 Å². The molecule has 0 atom stereocenters. The van der Waals surface area contributed by atoms with Crippen molar-refractivity contribution in [2.24, 2.45) is 0 Å². The van der Waals surface area contributed by atoms with Crippen LogP contribution < -0.4 is 14.8 Å². The molecular formula is C24H23N3O4S. The van der Waals surface area contributed by atoms with Crippen LogP contribution >= 0.6 is 11.3 Å². The van der Waals surface area contributed by atoms with Gasteiger partial charge in [0.2, 0.25) is 6.79 Å². The normalized spacial score (nSPS) is 12.4. The molecule has 0 saturated carbocycles. The molecule has 0 fully saturated rings. The van der Waals surface area contributed by atoms with Crippen LogP contribution in [-0.4, -0.2) is 29.8 Å². The summed E-state index contributed by atoms with van der Waals surface area (Å²) in [4.78, 5) is 22.0. The molecule has 0 saturated heterocycles. The Hall–Kier alpha value is -3.39. The van der Waals surface area contributed by atoms with Crippen molar-refractivity contribution in [3.63, 3.8) is 0 Å². The number of ether oxygens (including phenoxy) is 3. The van der Waals surface area contributed by atoms with E-state index in [2.05, 4.69) is 17.4 Å². The average Bonchev–Trinajstić information content (AvgIpc) is 3.43. The summed E-state index contributed by atoms with van der Waals surface area (Å²) in [5.74, 6) is 2.97. The number of benzene rings is 2. The number of methoxy groups -OCH3 is 1. The molecule has 164 valence electrons. The molecule has 1 aliphatic rings. The summed E-state index contributed by atoms with van der Waals surface area (Å²) in [6.07, 6.45) is 2.70. The number of unbranched alkanes of at least 4 members (excludes halogenated alkanes) is 1. The first-order valence-corrected chi connectivity index (χ1v) is 11.4.